The van der Waals surface area contributed by atoms with E-state index in [2.05, 4.69) is 42.5 Å². The first-order chi connectivity index (χ1) is 7.93. The van der Waals surface area contributed by atoms with Crippen LogP contribution in [-0.2, 0) is 6.42 Å². The molecule has 2 N–H and O–H groups in total. The lowest BCUT2D eigenvalue weighted by Gasteiger charge is -2.26. The zero-order valence-corrected chi connectivity index (χ0v) is 9.60. The van der Waals surface area contributed by atoms with Crippen molar-refractivity contribution in [2.24, 2.45) is 0 Å². The molecule has 1 atom stereocenters. The molecule has 3 rings (SSSR count). The molecule has 1 aliphatic rings. The van der Waals surface area contributed by atoms with E-state index in [0.29, 0.717) is 0 Å². The summed E-state index contributed by atoms with van der Waals surface area (Å²) in [7, 11) is 0. The first-order valence-electron chi connectivity index (χ1n) is 5.73. The third kappa shape index (κ3) is 2.32. The molecule has 1 aliphatic heterocycles. The Morgan fingerprint density at radius 2 is 1.59 bits per heavy atom. The second-order valence-electron chi connectivity index (χ2n) is 4.16. The van der Waals surface area contributed by atoms with Gasteiger partial charge in [0.2, 0.25) is 0 Å². The molecule has 2 aromatic carbocycles. The maximum Gasteiger partial charge on any atom is 0.124 e. The summed E-state index contributed by atoms with van der Waals surface area (Å²) in [4.78, 5) is 0. The minimum Gasteiger partial charge on any atom is -0.485 e. The number of fused-ring (bicyclic) bond motifs is 1. The van der Waals surface area contributed by atoms with Gasteiger partial charge in [-0.25, -0.2) is 0 Å². The van der Waals surface area contributed by atoms with Gasteiger partial charge in [0.1, 0.15) is 11.9 Å². The van der Waals surface area contributed by atoms with Crippen LogP contribution in [0.3, 0.4) is 0 Å². The number of para-hydroxylation sites is 1. The summed E-state index contributed by atoms with van der Waals surface area (Å²) in [5.41, 5.74) is 2.60. The standard InChI is InChI=1S/C15H14O.H2O/c1-2-6-12(7-3-1)15-11-10-13-8-4-5-9-14(13)16-15;/h1-9,15H,10-11H2;1H2. The average molecular weight is 228 g/mol. The molecule has 0 saturated heterocycles. The number of aryl methyl sites for hydroxylation is 1. The highest BCUT2D eigenvalue weighted by Crippen LogP contribution is 2.34. The minimum atomic E-state index is 0. The van der Waals surface area contributed by atoms with Crippen LogP contribution < -0.4 is 4.74 Å². The van der Waals surface area contributed by atoms with Gasteiger partial charge in [0.05, 0.1) is 0 Å². The predicted molar refractivity (Wildman–Crippen MR) is 68.2 cm³/mol. The summed E-state index contributed by atoms with van der Waals surface area (Å²) >= 11 is 0. The summed E-state index contributed by atoms with van der Waals surface area (Å²) in [6, 6.07) is 18.8. The SMILES string of the molecule is O.c1ccc(C2CCc3ccccc3O2)cc1. The maximum atomic E-state index is 6.02. The van der Waals surface area contributed by atoms with E-state index in [1.165, 1.54) is 11.1 Å². The molecule has 0 spiro atoms. The molecule has 0 bridgehead atoms. The normalized spacial score (nSPS) is 17.5. The van der Waals surface area contributed by atoms with Gasteiger partial charge in [-0.05, 0) is 30.0 Å². The molecule has 17 heavy (non-hydrogen) atoms. The number of rotatable bonds is 1. The van der Waals surface area contributed by atoms with E-state index in [4.69, 9.17) is 4.74 Å². The van der Waals surface area contributed by atoms with Crippen LogP contribution in [0.2, 0.25) is 0 Å². The number of ether oxygens (including phenoxy) is 1. The lowest BCUT2D eigenvalue weighted by molar-refractivity contribution is 0.176. The minimum absolute atomic E-state index is 0. The molecule has 0 saturated carbocycles. The molecular weight excluding hydrogens is 212 g/mol. The van der Waals surface area contributed by atoms with Gasteiger partial charge in [-0.15, -0.1) is 0 Å². The largest absolute Gasteiger partial charge is 0.485 e. The Bertz CT molecular complexity index is 479. The topological polar surface area (TPSA) is 40.7 Å². The fraction of sp³-hybridized carbons (Fsp3) is 0.200. The van der Waals surface area contributed by atoms with Crippen LogP contribution in [0, 0.1) is 0 Å². The lowest BCUT2D eigenvalue weighted by atomic mass is 9.98. The third-order valence-corrected chi connectivity index (χ3v) is 3.09. The summed E-state index contributed by atoms with van der Waals surface area (Å²) < 4.78 is 6.02. The second kappa shape index (κ2) is 5.02. The quantitative estimate of drug-likeness (QED) is 0.739. The highest BCUT2D eigenvalue weighted by Gasteiger charge is 2.20. The van der Waals surface area contributed by atoms with Crippen LogP contribution >= 0.6 is 0 Å². The van der Waals surface area contributed by atoms with Gasteiger partial charge in [0.25, 0.3) is 0 Å². The van der Waals surface area contributed by atoms with E-state index in [0.717, 1.165) is 18.6 Å². The fourth-order valence-corrected chi connectivity index (χ4v) is 2.23. The smallest absolute Gasteiger partial charge is 0.124 e. The van der Waals surface area contributed by atoms with Crippen LogP contribution in [-0.4, -0.2) is 5.48 Å². The number of hydrogen-bond acceptors (Lipinski definition) is 1. The molecule has 0 fully saturated rings. The number of hydrogen-bond donors (Lipinski definition) is 0. The maximum absolute atomic E-state index is 6.02. The first kappa shape index (κ1) is 11.7. The molecule has 2 aromatic rings. The van der Waals surface area contributed by atoms with Crippen LogP contribution in [0.1, 0.15) is 23.7 Å². The fourth-order valence-electron chi connectivity index (χ4n) is 2.23. The Morgan fingerprint density at radius 3 is 2.41 bits per heavy atom. The van der Waals surface area contributed by atoms with Crippen molar-refractivity contribution in [3.63, 3.8) is 0 Å². The Labute approximate surface area is 101 Å². The van der Waals surface area contributed by atoms with Crippen molar-refractivity contribution in [3.8, 4) is 5.75 Å². The van der Waals surface area contributed by atoms with E-state index in [1.54, 1.807) is 0 Å². The monoisotopic (exact) mass is 228 g/mol. The second-order valence-corrected chi connectivity index (χ2v) is 4.16. The number of benzene rings is 2. The summed E-state index contributed by atoms with van der Waals surface area (Å²) in [5.74, 6) is 1.04. The molecule has 0 amide bonds. The Kier molecular flexibility index (Phi) is 3.45. The van der Waals surface area contributed by atoms with Crippen molar-refractivity contribution < 1.29 is 10.2 Å². The van der Waals surface area contributed by atoms with Gasteiger partial charge in [-0.1, -0.05) is 48.5 Å². The van der Waals surface area contributed by atoms with Crippen molar-refractivity contribution in [2.45, 2.75) is 18.9 Å². The van der Waals surface area contributed by atoms with Gasteiger partial charge in [0.15, 0.2) is 0 Å². The highest BCUT2D eigenvalue weighted by molar-refractivity contribution is 5.36. The van der Waals surface area contributed by atoms with Crippen molar-refractivity contribution in [2.75, 3.05) is 0 Å². The van der Waals surface area contributed by atoms with Crippen molar-refractivity contribution in [1.82, 2.24) is 0 Å². The summed E-state index contributed by atoms with van der Waals surface area (Å²) in [5, 5.41) is 0. The zero-order chi connectivity index (χ0) is 10.8. The molecule has 88 valence electrons. The summed E-state index contributed by atoms with van der Waals surface area (Å²) in [6.07, 6.45) is 2.40. The molecule has 2 heteroatoms. The lowest BCUT2D eigenvalue weighted by Crippen LogP contribution is -2.14. The Hall–Kier alpha value is -1.80. The average Bonchev–Trinajstić information content (AvgIpc) is 2.39. The van der Waals surface area contributed by atoms with Gasteiger partial charge < -0.3 is 10.2 Å². The van der Waals surface area contributed by atoms with Crippen LogP contribution in [0.4, 0.5) is 0 Å². The van der Waals surface area contributed by atoms with Crippen molar-refractivity contribution in [1.29, 1.82) is 0 Å². The predicted octanol–water partition coefficient (Wildman–Crippen LogP) is 2.93. The van der Waals surface area contributed by atoms with E-state index >= 15 is 0 Å². The van der Waals surface area contributed by atoms with Gasteiger partial charge in [0, 0.05) is 0 Å². The molecule has 0 radical (unpaired) electrons. The van der Waals surface area contributed by atoms with Gasteiger partial charge in [-0.2, -0.15) is 0 Å². The van der Waals surface area contributed by atoms with Crippen molar-refractivity contribution in [3.05, 3.63) is 65.7 Å². The molecule has 1 unspecified atom stereocenters. The Balaban J connectivity index is 0.00000108. The third-order valence-electron chi connectivity index (χ3n) is 3.09. The van der Waals surface area contributed by atoms with Crippen LogP contribution in [0.25, 0.3) is 0 Å². The molecule has 0 aromatic heterocycles. The molecule has 0 aliphatic carbocycles. The van der Waals surface area contributed by atoms with E-state index in [9.17, 15) is 0 Å². The van der Waals surface area contributed by atoms with Gasteiger partial charge >= 0.3 is 0 Å². The molecular formula is C15H16O2. The van der Waals surface area contributed by atoms with Crippen LogP contribution in [0.15, 0.2) is 54.6 Å². The molecule has 2 nitrogen and oxygen atoms in total. The van der Waals surface area contributed by atoms with E-state index in [-0.39, 0.29) is 11.6 Å². The van der Waals surface area contributed by atoms with Crippen molar-refractivity contribution >= 4 is 0 Å². The first-order valence-corrected chi connectivity index (χ1v) is 5.73. The van der Waals surface area contributed by atoms with Gasteiger partial charge in [-0.3, -0.25) is 0 Å². The van der Waals surface area contributed by atoms with E-state index < -0.39 is 0 Å². The highest BCUT2D eigenvalue weighted by atomic mass is 16.5. The Morgan fingerprint density at radius 1 is 0.882 bits per heavy atom. The van der Waals surface area contributed by atoms with Crippen LogP contribution in [0.5, 0.6) is 5.75 Å². The zero-order valence-electron chi connectivity index (χ0n) is 9.60. The van der Waals surface area contributed by atoms with E-state index in [1.807, 2.05) is 12.1 Å². The molecule has 1 heterocycles. The summed E-state index contributed by atoms with van der Waals surface area (Å²) in [6.45, 7) is 0.